The summed E-state index contributed by atoms with van der Waals surface area (Å²) < 4.78 is 6.03. The van der Waals surface area contributed by atoms with Gasteiger partial charge in [0.25, 0.3) is 0 Å². The lowest BCUT2D eigenvalue weighted by molar-refractivity contribution is 0.217. The molecule has 1 aromatic rings. The Balaban J connectivity index is 1.97. The van der Waals surface area contributed by atoms with Crippen LogP contribution in [0, 0.1) is 12.8 Å². The SMILES string of the molecule is Cc1ccc(C(C)C)cc1OCC1CCCNC1. The molecule has 100 valence electrons. The van der Waals surface area contributed by atoms with Crippen LogP contribution in [0.3, 0.4) is 0 Å². The molecular formula is C16H25NO. The average Bonchev–Trinajstić information content (AvgIpc) is 2.38. The molecule has 0 spiro atoms. The second kappa shape index (κ2) is 6.24. The Bertz CT molecular complexity index is 381. The standard InChI is InChI=1S/C16H25NO/c1-12(2)15-7-6-13(3)16(9-15)18-11-14-5-4-8-17-10-14/h6-7,9,12,14,17H,4-5,8,10-11H2,1-3H3. The third-order valence-electron chi connectivity index (χ3n) is 3.75. The van der Waals surface area contributed by atoms with Crippen molar-refractivity contribution in [2.24, 2.45) is 5.92 Å². The molecule has 1 fully saturated rings. The zero-order valence-corrected chi connectivity index (χ0v) is 11.8. The minimum absolute atomic E-state index is 0.560. The van der Waals surface area contributed by atoms with Crippen molar-refractivity contribution in [3.05, 3.63) is 29.3 Å². The lowest BCUT2D eigenvalue weighted by Gasteiger charge is -2.23. The van der Waals surface area contributed by atoms with E-state index in [4.69, 9.17) is 4.74 Å². The van der Waals surface area contributed by atoms with Crippen molar-refractivity contribution in [3.63, 3.8) is 0 Å². The third kappa shape index (κ3) is 3.49. The van der Waals surface area contributed by atoms with Crippen molar-refractivity contribution in [1.29, 1.82) is 0 Å². The van der Waals surface area contributed by atoms with Crippen molar-refractivity contribution in [1.82, 2.24) is 5.32 Å². The zero-order valence-electron chi connectivity index (χ0n) is 11.8. The van der Waals surface area contributed by atoms with Crippen molar-refractivity contribution >= 4 is 0 Å². The molecule has 1 aliphatic rings. The minimum Gasteiger partial charge on any atom is -0.493 e. The van der Waals surface area contributed by atoms with Crippen molar-refractivity contribution < 1.29 is 4.74 Å². The molecule has 0 bridgehead atoms. The van der Waals surface area contributed by atoms with Crippen molar-refractivity contribution in [2.75, 3.05) is 19.7 Å². The van der Waals surface area contributed by atoms with Gasteiger partial charge in [-0.15, -0.1) is 0 Å². The quantitative estimate of drug-likeness (QED) is 0.879. The van der Waals surface area contributed by atoms with Gasteiger partial charge in [-0.05, 0) is 49.4 Å². The van der Waals surface area contributed by atoms with Gasteiger partial charge in [-0.2, -0.15) is 0 Å². The fourth-order valence-electron chi connectivity index (χ4n) is 2.41. The highest BCUT2D eigenvalue weighted by molar-refractivity contribution is 5.37. The molecule has 1 atom stereocenters. The molecule has 1 aliphatic heterocycles. The molecule has 1 aromatic carbocycles. The maximum atomic E-state index is 6.03. The van der Waals surface area contributed by atoms with Gasteiger partial charge in [-0.1, -0.05) is 26.0 Å². The fraction of sp³-hybridized carbons (Fsp3) is 0.625. The van der Waals surface area contributed by atoms with E-state index in [-0.39, 0.29) is 0 Å². The highest BCUT2D eigenvalue weighted by atomic mass is 16.5. The minimum atomic E-state index is 0.560. The number of ether oxygens (including phenoxy) is 1. The summed E-state index contributed by atoms with van der Waals surface area (Å²) in [4.78, 5) is 0. The van der Waals surface area contributed by atoms with Crippen molar-refractivity contribution in [2.45, 2.75) is 39.5 Å². The van der Waals surface area contributed by atoms with Crippen LogP contribution in [0.2, 0.25) is 0 Å². The van der Waals surface area contributed by atoms with Gasteiger partial charge in [0.05, 0.1) is 6.61 Å². The largest absolute Gasteiger partial charge is 0.493 e. The number of rotatable bonds is 4. The number of nitrogens with one attached hydrogen (secondary N) is 1. The Hall–Kier alpha value is -1.02. The summed E-state index contributed by atoms with van der Waals surface area (Å²) in [5, 5.41) is 3.44. The van der Waals surface area contributed by atoms with Gasteiger partial charge in [-0.3, -0.25) is 0 Å². The lowest BCUT2D eigenvalue weighted by atomic mass is 10.00. The predicted octanol–water partition coefficient (Wildman–Crippen LogP) is 3.50. The summed E-state index contributed by atoms with van der Waals surface area (Å²) in [5.74, 6) is 2.29. The maximum Gasteiger partial charge on any atom is 0.122 e. The molecule has 0 amide bonds. The van der Waals surface area contributed by atoms with Gasteiger partial charge < -0.3 is 10.1 Å². The molecule has 18 heavy (non-hydrogen) atoms. The van der Waals surface area contributed by atoms with Gasteiger partial charge in [0.15, 0.2) is 0 Å². The Labute approximate surface area is 111 Å². The number of benzene rings is 1. The van der Waals surface area contributed by atoms with Crippen LogP contribution >= 0.6 is 0 Å². The number of hydrogen-bond donors (Lipinski definition) is 1. The molecule has 1 unspecified atom stereocenters. The molecule has 1 heterocycles. The number of aryl methyl sites for hydroxylation is 1. The van der Waals surface area contributed by atoms with Crippen LogP contribution in [0.25, 0.3) is 0 Å². The molecule has 2 nitrogen and oxygen atoms in total. The van der Waals surface area contributed by atoms with E-state index in [2.05, 4.69) is 44.3 Å². The van der Waals surface area contributed by atoms with Gasteiger partial charge in [0.2, 0.25) is 0 Å². The summed E-state index contributed by atoms with van der Waals surface area (Å²) >= 11 is 0. The van der Waals surface area contributed by atoms with E-state index in [1.807, 2.05) is 0 Å². The van der Waals surface area contributed by atoms with Gasteiger partial charge in [0, 0.05) is 12.5 Å². The summed E-state index contributed by atoms with van der Waals surface area (Å²) in [6.45, 7) is 9.67. The number of hydrogen-bond acceptors (Lipinski definition) is 2. The van der Waals surface area contributed by atoms with Crippen molar-refractivity contribution in [3.8, 4) is 5.75 Å². The molecule has 1 N–H and O–H groups in total. The average molecular weight is 247 g/mol. The smallest absolute Gasteiger partial charge is 0.122 e. The van der Waals surface area contributed by atoms with E-state index in [0.29, 0.717) is 11.8 Å². The van der Waals surface area contributed by atoms with Gasteiger partial charge in [0.1, 0.15) is 5.75 Å². The van der Waals surface area contributed by atoms with Crippen LogP contribution in [0.4, 0.5) is 0 Å². The Morgan fingerprint density at radius 3 is 2.89 bits per heavy atom. The summed E-state index contributed by atoms with van der Waals surface area (Å²) in [5.41, 5.74) is 2.60. The monoisotopic (exact) mass is 247 g/mol. The first-order valence-electron chi connectivity index (χ1n) is 7.11. The zero-order chi connectivity index (χ0) is 13.0. The molecule has 2 heteroatoms. The highest BCUT2D eigenvalue weighted by Crippen LogP contribution is 2.25. The van der Waals surface area contributed by atoms with E-state index in [1.54, 1.807) is 0 Å². The highest BCUT2D eigenvalue weighted by Gasteiger charge is 2.14. The Morgan fingerprint density at radius 1 is 1.39 bits per heavy atom. The summed E-state index contributed by atoms with van der Waals surface area (Å²) in [7, 11) is 0. The summed E-state index contributed by atoms with van der Waals surface area (Å²) in [6, 6.07) is 6.58. The molecular weight excluding hydrogens is 222 g/mol. The topological polar surface area (TPSA) is 21.3 Å². The first-order chi connectivity index (χ1) is 8.66. The van der Waals surface area contributed by atoms with Crippen LogP contribution in [-0.4, -0.2) is 19.7 Å². The van der Waals surface area contributed by atoms with E-state index in [0.717, 1.165) is 18.9 Å². The second-order valence-electron chi connectivity index (χ2n) is 5.70. The molecule has 2 rings (SSSR count). The molecule has 0 radical (unpaired) electrons. The molecule has 0 aromatic heterocycles. The predicted molar refractivity (Wildman–Crippen MR) is 76.4 cm³/mol. The van der Waals surface area contributed by atoms with Crippen LogP contribution in [0.15, 0.2) is 18.2 Å². The maximum absolute atomic E-state index is 6.03. The first kappa shape index (κ1) is 13.4. The van der Waals surface area contributed by atoms with E-state index in [9.17, 15) is 0 Å². The normalized spacial score (nSPS) is 20.1. The first-order valence-corrected chi connectivity index (χ1v) is 7.11. The van der Waals surface area contributed by atoms with Crippen LogP contribution < -0.4 is 10.1 Å². The molecule has 0 saturated carbocycles. The third-order valence-corrected chi connectivity index (χ3v) is 3.75. The van der Waals surface area contributed by atoms with E-state index in [1.165, 1.54) is 30.5 Å². The Morgan fingerprint density at radius 2 is 2.22 bits per heavy atom. The van der Waals surface area contributed by atoms with Crippen LogP contribution in [0.5, 0.6) is 5.75 Å². The van der Waals surface area contributed by atoms with E-state index >= 15 is 0 Å². The summed E-state index contributed by atoms with van der Waals surface area (Å²) in [6.07, 6.45) is 2.56. The molecule has 1 saturated heterocycles. The molecule has 0 aliphatic carbocycles. The number of piperidine rings is 1. The fourth-order valence-corrected chi connectivity index (χ4v) is 2.41. The second-order valence-corrected chi connectivity index (χ2v) is 5.70. The lowest BCUT2D eigenvalue weighted by Crippen LogP contribution is -2.33. The van der Waals surface area contributed by atoms with Gasteiger partial charge in [-0.25, -0.2) is 0 Å². The van der Waals surface area contributed by atoms with E-state index < -0.39 is 0 Å². The van der Waals surface area contributed by atoms with Crippen LogP contribution in [-0.2, 0) is 0 Å². The Kier molecular flexibility index (Phi) is 4.65. The van der Waals surface area contributed by atoms with Crippen LogP contribution in [0.1, 0.15) is 43.7 Å². The van der Waals surface area contributed by atoms with Gasteiger partial charge >= 0.3 is 0 Å².